The minimum absolute atomic E-state index is 0. The number of halogens is 22. The van der Waals surface area contributed by atoms with E-state index in [-0.39, 0.29) is 37.7 Å². The molecular formula is C10CaF22O6S2. The molecule has 0 spiro atoms. The van der Waals surface area contributed by atoms with E-state index in [2.05, 4.69) is 0 Å². The van der Waals surface area contributed by atoms with E-state index in [1.807, 2.05) is 0 Å². The Morgan fingerprint density at radius 2 is 0.463 bits per heavy atom. The van der Waals surface area contributed by atoms with Crippen LogP contribution < -0.4 is 0 Å². The summed E-state index contributed by atoms with van der Waals surface area (Å²) in [6.45, 7) is 0. The van der Waals surface area contributed by atoms with E-state index in [9.17, 15) is 123 Å². The molecule has 244 valence electrons. The van der Waals surface area contributed by atoms with Crippen LogP contribution in [0.1, 0.15) is 0 Å². The fourth-order valence-corrected chi connectivity index (χ4v) is 2.31. The molecule has 0 saturated carbocycles. The Bertz CT molecular complexity index is 1050. The first-order chi connectivity index (χ1) is 16.5. The van der Waals surface area contributed by atoms with E-state index in [4.69, 9.17) is 0 Å². The van der Waals surface area contributed by atoms with Crippen LogP contribution in [-0.4, -0.2) is 122 Å². The van der Waals surface area contributed by atoms with Crippen molar-refractivity contribution in [2.24, 2.45) is 0 Å². The van der Waals surface area contributed by atoms with Crippen LogP contribution in [0.3, 0.4) is 0 Å². The molecule has 41 heavy (non-hydrogen) atoms. The summed E-state index contributed by atoms with van der Waals surface area (Å²) in [6.07, 6.45) is -14.8. The van der Waals surface area contributed by atoms with Crippen molar-refractivity contribution in [1.82, 2.24) is 0 Å². The SMILES string of the molecule is O=S(=O)([O-])C(F)(F)C(F)(F)C(F)(F)C(F)(F)C(F)(F)F.O=S(=O)([O-])C(F)(F)C(F)(F)C(F)(F)C(F)(F)C(F)(F)F.[Ca+2]. The Morgan fingerprint density at radius 3 is 0.561 bits per heavy atom. The normalized spacial score (nSPS) is 16.0. The van der Waals surface area contributed by atoms with E-state index < -0.39 is 78.6 Å². The Labute approximate surface area is 238 Å². The van der Waals surface area contributed by atoms with Crippen LogP contribution in [0, 0.1) is 0 Å². The van der Waals surface area contributed by atoms with E-state index >= 15 is 0 Å². The van der Waals surface area contributed by atoms with Gasteiger partial charge in [-0.25, -0.2) is 16.8 Å². The molecule has 0 rings (SSSR count). The van der Waals surface area contributed by atoms with Gasteiger partial charge in [0.25, 0.3) is 0 Å². The summed E-state index contributed by atoms with van der Waals surface area (Å²) in [5.74, 6) is -46.9. The first kappa shape index (κ1) is 45.0. The zero-order chi connectivity index (χ0) is 34.0. The summed E-state index contributed by atoms with van der Waals surface area (Å²) in [5.41, 5.74) is 0. The Kier molecular flexibility index (Phi) is 12.6. The zero-order valence-corrected chi connectivity index (χ0v) is 21.1. The van der Waals surface area contributed by atoms with Crippen molar-refractivity contribution < 1.29 is 123 Å². The number of hydrogen-bond donors (Lipinski definition) is 0. The second-order valence-corrected chi connectivity index (χ2v) is 9.23. The first-order valence-corrected chi connectivity index (χ1v) is 10.4. The Morgan fingerprint density at radius 1 is 0.317 bits per heavy atom. The van der Waals surface area contributed by atoms with E-state index in [0.29, 0.717) is 0 Å². The van der Waals surface area contributed by atoms with Crippen molar-refractivity contribution in [3.05, 3.63) is 0 Å². The van der Waals surface area contributed by atoms with Gasteiger partial charge in [-0.15, -0.1) is 0 Å². The molecule has 0 atom stereocenters. The minimum atomic E-state index is -7.90. The maximum Gasteiger partial charge on any atom is 2.00 e. The first-order valence-electron chi connectivity index (χ1n) is 7.57. The molecule has 0 aromatic carbocycles. The molecule has 0 unspecified atom stereocenters. The average molecular weight is 738 g/mol. The van der Waals surface area contributed by atoms with Gasteiger partial charge in [0.05, 0.1) is 0 Å². The molecule has 0 aromatic heterocycles. The summed E-state index contributed by atoms with van der Waals surface area (Å²) in [5, 5.41) is -14.8. The van der Waals surface area contributed by atoms with Crippen molar-refractivity contribution in [3.8, 4) is 0 Å². The maximum atomic E-state index is 12.4. The minimum Gasteiger partial charge on any atom is -0.743 e. The van der Waals surface area contributed by atoms with Crippen molar-refractivity contribution in [2.75, 3.05) is 0 Å². The monoisotopic (exact) mass is 738 g/mol. The molecule has 0 saturated heterocycles. The molecule has 0 heterocycles. The Hall–Kier alpha value is -0.460. The summed E-state index contributed by atoms with van der Waals surface area (Å²) in [6, 6.07) is 0. The van der Waals surface area contributed by atoms with Crippen molar-refractivity contribution in [1.29, 1.82) is 0 Å². The van der Waals surface area contributed by atoms with Gasteiger partial charge in [-0.3, -0.25) is 0 Å². The molecular weight excluding hydrogens is 738 g/mol. The van der Waals surface area contributed by atoms with Crippen LogP contribution in [0.4, 0.5) is 96.6 Å². The third-order valence-corrected chi connectivity index (χ3v) is 5.42. The second kappa shape index (κ2) is 11.5. The summed E-state index contributed by atoms with van der Waals surface area (Å²) >= 11 is 0. The van der Waals surface area contributed by atoms with Crippen LogP contribution in [0.5, 0.6) is 0 Å². The molecule has 31 heteroatoms. The van der Waals surface area contributed by atoms with E-state index in [1.165, 1.54) is 0 Å². The molecule has 6 nitrogen and oxygen atoms in total. The number of alkyl halides is 22. The molecule has 0 aliphatic heterocycles. The summed E-state index contributed by atoms with van der Waals surface area (Å²) < 4.78 is 324. The van der Waals surface area contributed by atoms with Gasteiger partial charge >= 0.3 is 96.1 Å². The van der Waals surface area contributed by atoms with Crippen LogP contribution in [0.15, 0.2) is 0 Å². The van der Waals surface area contributed by atoms with Gasteiger partial charge in [-0.1, -0.05) is 0 Å². The largest absolute Gasteiger partial charge is 2.00 e. The van der Waals surface area contributed by atoms with Gasteiger partial charge in [0.15, 0.2) is 20.2 Å². The molecule has 0 fully saturated rings. The van der Waals surface area contributed by atoms with Gasteiger partial charge in [0.1, 0.15) is 0 Å². The average Bonchev–Trinajstić information content (AvgIpc) is 2.63. The number of hydrogen-bond acceptors (Lipinski definition) is 6. The smallest absolute Gasteiger partial charge is 0.743 e. The fraction of sp³-hybridized carbons (Fsp3) is 1.00. The van der Waals surface area contributed by atoms with E-state index in [0.717, 1.165) is 0 Å². The number of rotatable bonds is 8. The topological polar surface area (TPSA) is 114 Å². The van der Waals surface area contributed by atoms with E-state index in [1.54, 1.807) is 0 Å². The molecule has 0 N–H and O–H groups in total. The molecule has 0 aliphatic carbocycles. The summed E-state index contributed by atoms with van der Waals surface area (Å²) in [7, 11) is -15.3. The van der Waals surface area contributed by atoms with Crippen LogP contribution in [-0.2, 0) is 20.2 Å². The molecule has 0 amide bonds. The van der Waals surface area contributed by atoms with Gasteiger partial charge < -0.3 is 9.11 Å². The predicted octanol–water partition coefficient (Wildman–Crippen LogP) is 4.80. The quantitative estimate of drug-likeness (QED) is 0.201. The fourth-order valence-electron chi connectivity index (χ4n) is 1.43. The van der Waals surface area contributed by atoms with Crippen LogP contribution in [0.2, 0.25) is 0 Å². The van der Waals surface area contributed by atoms with Gasteiger partial charge in [0.2, 0.25) is 0 Å². The maximum absolute atomic E-state index is 12.4. The molecule has 0 aliphatic rings. The molecule has 0 aromatic rings. The van der Waals surface area contributed by atoms with Crippen molar-refractivity contribution in [3.63, 3.8) is 0 Å². The van der Waals surface area contributed by atoms with Gasteiger partial charge in [-0.2, -0.15) is 96.6 Å². The van der Waals surface area contributed by atoms with Crippen molar-refractivity contribution in [2.45, 2.75) is 58.4 Å². The van der Waals surface area contributed by atoms with Gasteiger partial charge in [-0.05, 0) is 0 Å². The van der Waals surface area contributed by atoms with Crippen LogP contribution in [0.25, 0.3) is 0 Å². The molecule has 0 radical (unpaired) electrons. The predicted molar refractivity (Wildman–Crippen MR) is 76.8 cm³/mol. The van der Waals surface area contributed by atoms with Crippen LogP contribution >= 0.6 is 0 Å². The molecule has 0 bridgehead atoms. The Balaban J connectivity index is -0.000000688. The zero-order valence-electron chi connectivity index (χ0n) is 17.3. The standard InChI is InChI=1S/2C5HF11O3S.Ca/c2*6-1(7,2(8,9)4(12,13)14)3(10,11)5(15,16)20(17,18)19;/h2*(H,17,18,19);/q;;+2/p-2. The third-order valence-electron chi connectivity index (χ3n) is 3.65. The second-order valence-electron chi connectivity index (χ2n) is 6.38. The van der Waals surface area contributed by atoms with Crippen molar-refractivity contribution >= 4 is 58.0 Å². The third kappa shape index (κ3) is 6.95. The summed E-state index contributed by atoms with van der Waals surface area (Å²) in [4.78, 5) is 0. The van der Waals surface area contributed by atoms with Gasteiger partial charge in [0, 0.05) is 0 Å².